The fourth-order valence-corrected chi connectivity index (χ4v) is 2.17. The highest BCUT2D eigenvalue weighted by atomic mass is 16.4. The summed E-state index contributed by atoms with van der Waals surface area (Å²) in [5.74, 6) is 0.0142. The molecule has 0 saturated heterocycles. The Balaban J connectivity index is 2.08. The van der Waals surface area contributed by atoms with E-state index in [-0.39, 0.29) is 5.69 Å². The molecule has 0 aromatic carbocycles. The van der Waals surface area contributed by atoms with Crippen molar-refractivity contribution in [2.45, 2.75) is 19.8 Å². The zero-order valence-electron chi connectivity index (χ0n) is 12.5. The summed E-state index contributed by atoms with van der Waals surface area (Å²) in [7, 11) is 0. The number of hydrogen-bond acceptors (Lipinski definition) is 5. The number of carboxylic acid groups (broad SMARTS) is 1. The lowest BCUT2D eigenvalue weighted by atomic mass is 10.2. The number of aromatic nitrogens is 5. The number of carbonyl (C=O) groups is 1. The molecule has 1 N–H and O–H groups in total. The van der Waals surface area contributed by atoms with E-state index in [1.165, 1.54) is 10.7 Å². The van der Waals surface area contributed by atoms with Crippen molar-refractivity contribution >= 4 is 5.97 Å². The first-order valence-corrected chi connectivity index (χ1v) is 7.25. The second kappa shape index (κ2) is 6.35. The zero-order valence-corrected chi connectivity index (χ0v) is 12.5. The molecule has 116 valence electrons. The van der Waals surface area contributed by atoms with Crippen LogP contribution in [-0.2, 0) is 6.42 Å². The van der Waals surface area contributed by atoms with Crippen molar-refractivity contribution in [1.29, 1.82) is 0 Å². The van der Waals surface area contributed by atoms with Crippen molar-refractivity contribution < 1.29 is 9.90 Å². The van der Waals surface area contributed by atoms with Gasteiger partial charge >= 0.3 is 5.97 Å². The summed E-state index contributed by atoms with van der Waals surface area (Å²) < 4.78 is 1.45. The fourth-order valence-electron chi connectivity index (χ4n) is 2.17. The summed E-state index contributed by atoms with van der Waals surface area (Å²) >= 11 is 0. The molecule has 0 spiro atoms. The molecule has 3 rings (SSSR count). The van der Waals surface area contributed by atoms with Gasteiger partial charge in [-0.1, -0.05) is 13.3 Å². The topological polar surface area (TPSA) is 93.8 Å². The number of aryl methyl sites for hydroxylation is 1. The molecule has 0 aliphatic heterocycles. The zero-order chi connectivity index (χ0) is 16.2. The van der Waals surface area contributed by atoms with Gasteiger partial charge in [-0.3, -0.25) is 4.98 Å². The molecule has 3 aromatic heterocycles. The van der Waals surface area contributed by atoms with Crippen LogP contribution in [0.1, 0.15) is 29.5 Å². The minimum atomic E-state index is -1.07. The Bertz CT molecular complexity index is 829. The number of aromatic carboxylic acids is 1. The molecule has 7 nitrogen and oxygen atoms in total. The predicted molar refractivity (Wildman–Crippen MR) is 83.3 cm³/mol. The van der Waals surface area contributed by atoms with Gasteiger partial charge in [0.15, 0.2) is 17.3 Å². The molecule has 0 bridgehead atoms. The van der Waals surface area contributed by atoms with Gasteiger partial charge < -0.3 is 5.11 Å². The number of carboxylic acids is 1. The van der Waals surface area contributed by atoms with Gasteiger partial charge in [0.1, 0.15) is 0 Å². The third-order valence-corrected chi connectivity index (χ3v) is 3.23. The molecule has 0 fully saturated rings. The van der Waals surface area contributed by atoms with E-state index < -0.39 is 5.97 Å². The van der Waals surface area contributed by atoms with Gasteiger partial charge in [-0.2, -0.15) is 5.10 Å². The van der Waals surface area contributed by atoms with Gasteiger partial charge in [0.2, 0.25) is 0 Å². The predicted octanol–water partition coefficient (Wildman–Crippen LogP) is 2.38. The monoisotopic (exact) mass is 309 g/mol. The van der Waals surface area contributed by atoms with E-state index in [1.807, 2.05) is 18.2 Å². The van der Waals surface area contributed by atoms with Crippen molar-refractivity contribution in [3.05, 3.63) is 54.2 Å². The van der Waals surface area contributed by atoms with Crippen LogP contribution in [0, 0.1) is 0 Å². The smallest absolute Gasteiger partial charge is 0.356 e. The van der Waals surface area contributed by atoms with E-state index in [0.717, 1.165) is 24.1 Å². The quantitative estimate of drug-likeness (QED) is 0.777. The highest BCUT2D eigenvalue weighted by Crippen LogP contribution is 2.17. The summed E-state index contributed by atoms with van der Waals surface area (Å²) in [6.45, 7) is 2.07. The first-order valence-electron chi connectivity index (χ1n) is 7.25. The second-order valence-corrected chi connectivity index (χ2v) is 4.98. The molecular formula is C16H15N5O2. The van der Waals surface area contributed by atoms with Crippen molar-refractivity contribution in [2.75, 3.05) is 0 Å². The van der Waals surface area contributed by atoms with Crippen LogP contribution in [0.25, 0.3) is 17.2 Å². The highest BCUT2D eigenvalue weighted by Gasteiger charge is 2.12. The first-order chi connectivity index (χ1) is 11.2. The molecule has 0 atom stereocenters. The Hall–Kier alpha value is -3.09. The van der Waals surface area contributed by atoms with Crippen molar-refractivity contribution in [2.24, 2.45) is 0 Å². The fraction of sp³-hybridized carbons (Fsp3) is 0.188. The van der Waals surface area contributed by atoms with Crippen molar-refractivity contribution in [3.63, 3.8) is 0 Å². The summed E-state index contributed by atoms with van der Waals surface area (Å²) in [6, 6.07) is 6.96. The maximum Gasteiger partial charge on any atom is 0.356 e. The average Bonchev–Trinajstić information content (AvgIpc) is 3.06. The summed E-state index contributed by atoms with van der Waals surface area (Å²) in [5, 5.41) is 13.0. The first kappa shape index (κ1) is 14.8. The van der Waals surface area contributed by atoms with E-state index in [0.29, 0.717) is 11.6 Å². The summed E-state index contributed by atoms with van der Waals surface area (Å²) in [6.07, 6.45) is 6.71. The number of pyridine rings is 1. The maximum atomic E-state index is 11.0. The van der Waals surface area contributed by atoms with Gasteiger partial charge in [-0.25, -0.2) is 19.4 Å². The summed E-state index contributed by atoms with van der Waals surface area (Å²) in [5.41, 5.74) is 1.66. The maximum absolute atomic E-state index is 11.0. The van der Waals surface area contributed by atoms with E-state index in [9.17, 15) is 4.79 Å². The van der Waals surface area contributed by atoms with E-state index in [4.69, 9.17) is 5.11 Å². The van der Waals surface area contributed by atoms with Crippen LogP contribution in [-0.4, -0.2) is 35.8 Å². The molecule has 0 aliphatic carbocycles. The van der Waals surface area contributed by atoms with Crippen LogP contribution >= 0.6 is 0 Å². The molecule has 3 heterocycles. The Kier molecular flexibility index (Phi) is 4.09. The highest BCUT2D eigenvalue weighted by molar-refractivity contribution is 5.85. The van der Waals surface area contributed by atoms with Gasteiger partial charge in [0.25, 0.3) is 0 Å². The Labute approximate surface area is 132 Å². The van der Waals surface area contributed by atoms with Crippen molar-refractivity contribution in [1.82, 2.24) is 24.7 Å². The number of rotatable bonds is 5. The Morgan fingerprint density at radius 2 is 2.17 bits per heavy atom. The minimum Gasteiger partial charge on any atom is -0.476 e. The molecule has 0 radical (unpaired) electrons. The van der Waals surface area contributed by atoms with Crippen LogP contribution in [0.3, 0.4) is 0 Å². The third kappa shape index (κ3) is 3.23. The third-order valence-electron chi connectivity index (χ3n) is 3.23. The van der Waals surface area contributed by atoms with Crippen molar-refractivity contribution in [3.8, 4) is 17.2 Å². The van der Waals surface area contributed by atoms with Crippen LogP contribution in [0.5, 0.6) is 0 Å². The van der Waals surface area contributed by atoms with Crippen LogP contribution < -0.4 is 0 Å². The SMILES string of the molecule is CCCc1cc(-n2ccc(C(=O)O)n2)nc(-c2cccnc2)n1. The standard InChI is InChI=1S/C16H15N5O2/c1-2-4-12-9-14(21-8-6-13(20-21)16(22)23)19-15(18-12)11-5-3-7-17-10-11/h3,5-10H,2,4H2,1H3,(H,22,23). The minimum absolute atomic E-state index is 0.0245. The average molecular weight is 309 g/mol. The molecule has 0 aliphatic rings. The van der Waals surface area contributed by atoms with Crippen LogP contribution in [0.15, 0.2) is 42.9 Å². The Morgan fingerprint density at radius 3 is 2.83 bits per heavy atom. The van der Waals surface area contributed by atoms with E-state index in [1.54, 1.807) is 18.6 Å². The van der Waals surface area contributed by atoms with Crippen LogP contribution in [0.4, 0.5) is 0 Å². The van der Waals surface area contributed by atoms with Gasteiger partial charge in [-0.05, 0) is 24.6 Å². The molecule has 0 unspecified atom stereocenters. The Morgan fingerprint density at radius 1 is 1.30 bits per heavy atom. The lowest BCUT2D eigenvalue weighted by Gasteiger charge is -2.07. The molecule has 23 heavy (non-hydrogen) atoms. The largest absolute Gasteiger partial charge is 0.476 e. The number of hydrogen-bond donors (Lipinski definition) is 1. The molecule has 0 saturated carbocycles. The lowest BCUT2D eigenvalue weighted by Crippen LogP contribution is -2.06. The summed E-state index contributed by atoms with van der Waals surface area (Å²) in [4.78, 5) is 24.1. The van der Waals surface area contributed by atoms with Gasteiger partial charge in [0, 0.05) is 35.9 Å². The van der Waals surface area contributed by atoms with Crippen LogP contribution in [0.2, 0.25) is 0 Å². The molecule has 3 aromatic rings. The van der Waals surface area contributed by atoms with E-state index >= 15 is 0 Å². The molecule has 0 amide bonds. The lowest BCUT2D eigenvalue weighted by molar-refractivity contribution is 0.0690. The number of nitrogens with zero attached hydrogens (tertiary/aromatic N) is 5. The van der Waals surface area contributed by atoms with E-state index in [2.05, 4.69) is 27.0 Å². The second-order valence-electron chi connectivity index (χ2n) is 4.98. The molecular weight excluding hydrogens is 294 g/mol. The normalized spacial score (nSPS) is 10.7. The van der Waals surface area contributed by atoms with Gasteiger partial charge in [-0.15, -0.1) is 0 Å². The van der Waals surface area contributed by atoms with Gasteiger partial charge in [0.05, 0.1) is 0 Å². The molecule has 7 heteroatoms.